The van der Waals surface area contributed by atoms with Gasteiger partial charge in [-0.3, -0.25) is 4.90 Å². The Morgan fingerprint density at radius 1 is 0.885 bits per heavy atom. The molecule has 0 atom stereocenters. The van der Waals surface area contributed by atoms with Crippen LogP contribution in [0.3, 0.4) is 0 Å². The van der Waals surface area contributed by atoms with Crippen LogP contribution in [0.2, 0.25) is 0 Å². The highest BCUT2D eigenvalue weighted by Crippen LogP contribution is 2.28. The minimum atomic E-state index is -5.08. The Bertz CT molecular complexity index is 1650. The normalized spacial score (nSPS) is 15.8. The largest absolute Gasteiger partial charge is 0.497 e. The number of hydrogen-bond acceptors (Lipinski definition) is 9. The fraction of sp³-hybridized carbons (Fsp3) is 0.500. The fourth-order valence-electron chi connectivity index (χ4n) is 5.51. The van der Waals surface area contributed by atoms with E-state index < -0.39 is 24.3 Å². The molecule has 0 aliphatic carbocycles. The van der Waals surface area contributed by atoms with Crippen LogP contribution in [-0.4, -0.2) is 96.8 Å². The number of hydrogen-bond donors (Lipinski definition) is 3. The number of anilines is 1. The SMILES string of the molecule is COc1ccc2oc(=O)cc(NC3CCN(Cc4ccc(OCCCN5CCCCC5)c(F)c4)CC3)c2c1.O=C(O)C(F)(F)F.O=C(O)C(F)(F)F. The van der Waals surface area contributed by atoms with Crippen LogP contribution in [0.5, 0.6) is 11.5 Å². The van der Waals surface area contributed by atoms with Crippen molar-refractivity contribution >= 4 is 28.6 Å². The molecule has 0 radical (unpaired) electrons. The van der Waals surface area contributed by atoms with Gasteiger partial charge in [-0.15, -0.1) is 0 Å². The van der Waals surface area contributed by atoms with Crippen LogP contribution in [0.15, 0.2) is 51.7 Å². The van der Waals surface area contributed by atoms with Gasteiger partial charge >= 0.3 is 29.9 Å². The second-order valence-corrected chi connectivity index (χ2v) is 12.0. The predicted molar refractivity (Wildman–Crippen MR) is 175 cm³/mol. The Balaban J connectivity index is 0.000000441. The molecule has 3 heterocycles. The third kappa shape index (κ3) is 13.9. The molecule has 2 aliphatic rings. The fourth-order valence-corrected chi connectivity index (χ4v) is 5.51. The van der Waals surface area contributed by atoms with Crippen LogP contribution < -0.4 is 20.4 Å². The summed E-state index contributed by atoms with van der Waals surface area (Å²) in [6, 6.07) is 12.5. The maximum Gasteiger partial charge on any atom is 0.490 e. The van der Waals surface area contributed by atoms with E-state index in [0.29, 0.717) is 30.2 Å². The van der Waals surface area contributed by atoms with E-state index in [1.807, 2.05) is 12.1 Å². The monoisotopic (exact) mass is 751 g/mol. The van der Waals surface area contributed by atoms with E-state index in [9.17, 15) is 35.5 Å². The van der Waals surface area contributed by atoms with E-state index in [2.05, 4.69) is 15.1 Å². The van der Waals surface area contributed by atoms with Gasteiger partial charge in [-0.1, -0.05) is 12.5 Å². The number of carboxylic acids is 2. The summed E-state index contributed by atoms with van der Waals surface area (Å²) in [5, 5.41) is 18.6. The van der Waals surface area contributed by atoms with Crippen LogP contribution in [0, 0.1) is 5.82 Å². The zero-order chi connectivity index (χ0) is 38.5. The summed E-state index contributed by atoms with van der Waals surface area (Å²) in [7, 11) is 1.62. The molecule has 52 heavy (non-hydrogen) atoms. The van der Waals surface area contributed by atoms with Gasteiger partial charge in [0.2, 0.25) is 0 Å². The molecule has 2 aromatic carbocycles. The number of nitrogens with zero attached hydrogens (tertiary/aromatic N) is 2. The second-order valence-electron chi connectivity index (χ2n) is 12.0. The molecule has 2 aliphatic heterocycles. The molecule has 2 fully saturated rings. The molecule has 5 rings (SSSR count). The lowest BCUT2D eigenvalue weighted by Gasteiger charge is -2.33. The van der Waals surface area contributed by atoms with E-state index in [1.165, 1.54) is 38.4 Å². The second kappa shape index (κ2) is 19.3. The maximum atomic E-state index is 14.7. The lowest BCUT2D eigenvalue weighted by Crippen LogP contribution is -2.38. The van der Waals surface area contributed by atoms with Crippen molar-refractivity contribution < 1.29 is 64.4 Å². The van der Waals surface area contributed by atoms with Crippen molar-refractivity contribution in [1.29, 1.82) is 0 Å². The van der Waals surface area contributed by atoms with Crippen molar-refractivity contribution in [2.75, 3.05) is 51.8 Å². The average molecular weight is 752 g/mol. The Morgan fingerprint density at radius 3 is 2.06 bits per heavy atom. The first kappa shape index (κ1) is 41.8. The molecule has 3 N–H and O–H groups in total. The first-order valence-electron chi connectivity index (χ1n) is 16.3. The average Bonchev–Trinajstić information content (AvgIpc) is 3.08. The van der Waals surface area contributed by atoms with Gasteiger partial charge in [0, 0.05) is 43.7 Å². The quantitative estimate of drug-likeness (QED) is 0.118. The first-order valence-corrected chi connectivity index (χ1v) is 16.3. The van der Waals surface area contributed by atoms with Gasteiger partial charge in [-0.2, -0.15) is 26.3 Å². The van der Waals surface area contributed by atoms with E-state index in [4.69, 9.17) is 33.7 Å². The van der Waals surface area contributed by atoms with Gasteiger partial charge in [0.1, 0.15) is 11.3 Å². The number of ether oxygens (including phenoxy) is 2. The van der Waals surface area contributed by atoms with Crippen molar-refractivity contribution in [3.8, 4) is 11.5 Å². The first-order chi connectivity index (χ1) is 24.5. The molecule has 3 aromatic rings. The molecule has 11 nitrogen and oxygen atoms in total. The van der Waals surface area contributed by atoms with Crippen LogP contribution in [-0.2, 0) is 16.1 Å². The summed E-state index contributed by atoms with van der Waals surface area (Å²) in [4.78, 5) is 34.7. The highest BCUT2D eigenvalue weighted by molar-refractivity contribution is 5.90. The standard InChI is InChI=1S/C30H38FN3O4.2C2HF3O2/c1-36-24-7-9-28-25(19-24)27(20-30(35)38-28)32-23-10-15-34(16-11-23)21-22-6-8-29(26(31)18-22)37-17-5-14-33-12-3-2-4-13-33;2*3-2(4,5)1(6)7/h6-9,18-20,23,32H,2-5,10-17,21H2,1H3;2*(H,6,7). The van der Waals surface area contributed by atoms with Crippen molar-refractivity contribution in [2.45, 2.75) is 63.5 Å². The number of rotatable bonds is 10. The summed E-state index contributed by atoms with van der Waals surface area (Å²) in [6.07, 6.45) is -3.51. The van der Waals surface area contributed by atoms with Gasteiger partial charge in [0.05, 0.1) is 19.4 Å². The van der Waals surface area contributed by atoms with Gasteiger partial charge in [0.15, 0.2) is 11.6 Å². The number of carboxylic acid groups (broad SMARTS) is 2. The minimum Gasteiger partial charge on any atom is -0.497 e. The topological polar surface area (TPSA) is 142 Å². The molecule has 0 bridgehead atoms. The summed E-state index contributed by atoms with van der Waals surface area (Å²) >= 11 is 0. The zero-order valence-electron chi connectivity index (χ0n) is 28.2. The number of nitrogens with one attached hydrogen (secondary N) is 1. The number of carbonyl (C=O) groups is 2. The number of methoxy groups -OCH3 is 1. The summed E-state index contributed by atoms with van der Waals surface area (Å²) in [5.41, 5.74) is 1.88. The number of halogens is 7. The number of piperidine rings is 2. The number of likely N-dealkylation sites (tertiary alicyclic amines) is 2. The van der Waals surface area contributed by atoms with Crippen molar-refractivity contribution in [2.24, 2.45) is 0 Å². The molecule has 288 valence electrons. The molecule has 18 heteroatoms. The highest BCUT2D eigenvalue weighted by atomic mass is 19.4. The number of benzene rings is 2. The van der Waals surface area contributed by atoms with Gasteiger partial charge in [-0.05, 0) is 81.1 Å². The smallest absolute Gasteiger partial charge is 0.490 e. The Hall–Kier alpha value is -4.58. The van der Waals surface area contributed by atoms with Gasteiger partial charge in [-0.25, -0.2) is 18.8 Å². The molecular weight excluding hydrogens is 711 g/mol. The summed E-state index contributed by atoms with van der Waals surface area (Å²) in [6.45, 7) is 6.38. The van der Waals surface area contributed by atoms with Crippen LogP contribution >= 0.6 is 0 Å². The van der Waals surface area contributed by atoms with Gasteiger partial charge in [0.25, 0.3) is 0 Å². The lowest BCUT2D eigenvalue weighted by atomic mass is 10.0. The molecule has 1 aromatic heterocycles. The third-order valence-electron chi connectivity index (χ3n) is 8.11. The Morgan fingerprint density at radius 2 is 1.50 bits per heavy atom. The molecule has 0 saturated carbocycles. The van der Waals surface area contributed by atoms with E-state index >= 15 is 0 Å². The molecule has 0 spiro atoms. The minimum absolute atomic E-state index is 0.236. The number of aliphatic carboxylic acids is 2. The van der Waals surface area contributed by atoms with Crippen molar-refractivity contribution in [3.05, 3.63) is 64.3 Å². The third-order valence-corrected chi connectivity index (χ3v) is 8.11. The van der Waals surface area contributed by atoms with Crippen LogP contribution in [0.4, 0.5) is 36.4 Å². The number of fused-ring (bicyclic) bond motifs is 1. The molecule has 0 amide bonds. The van der Waals surface area contributed by atoms with Gasteiger partial charge < -0.3 is 34.3 Å². The highest BCUT2D eigenvalue weighted by Gasteiger charge is 2.39. The molecular formula is C34H40F7N3O8. The Labute approximate surface area is 293 Å². The molecule has 2 saturated heterocycles. The lowest BCUT2D eigenvalue weighted by molar-refractivity contribution is -0.193. The van der Waals surface area contributed by atoms with Crippen molar-refractivity contribution in [3.63, 3.8) is 0 Å². The Kier molecular flexibility index (Phi) is 15.5. The van der Waals surface area contributed by atoms with E-state index in [0.717, 1.165) is 55.5 Å². The predicted octanol–water partition coefficient (Wildman–Crippen LogP) is 6.54. The van der Waals surface area contributed by atoms with E-state index in [1.54, 1.807) is 31.4 Å². The number of alkyl halides is 6. The van der Waals surface area contributed by atoms with Crippen LogP contribution in [0.1, 0.15) is 44.1 Å². The van der Waals surface area contributed by atoms with E-state index in [-0.39, 0.29) is 17.5 Å². The van der Waals surface area contributed by atoms with Crippen LogP contribution in [0.25, 0.3) is 11.0 Å². The maximum absolute atomic E-state index is 14.7. The van der Waals surface area contributed by atoms with Crippen molar-refractivity contribution in [1.82, 2.24) is 9.80 Å². The zero-order valence-corrected chi connectivity index (χ0v) is 28.2. The summed E-state index contributed by atoms with van der Waals surface area (Å²) < 4.78 is 94.6. The molecule has 0 unspecified atom stereocenters. The summed E-state index contributed by atoms with van der Waals surface area (Å²) in [5.74, 6) is -4.75.